The Balaban J connectivity index is 2.77. The smallest absolute Gasteiger partial charge is 0.124 e. The Hall–Kier alpha value is -1.60. The summed E-state index contributed by atoms with van der Waals surface area (Å²) in [6.07, 6.45) is 0.783. The van der Waals surface area contributed by atoms with Gasteiger partial charge in [0.15, 0.2) is 0 Å². The van der Waals surface area contributed by atoms with Crippen LogP contribution in [0.2, 0.25) is 0 Å². The summed E-state index contributed by atoms with van der Waals surface area (Å²) >= 11 is 0. The average Bonchev–Trinajstić information content (AvgIpc) is 2.30. The van der Waals surface area contributed by atoms with Gasteiger partial charge in [-0.05, 0) is 45.4 Å². The molecule has 0 radical (unpaired) electrons. The summed E-state index contributed by atoms with van der Waals surface area (Å²) < 4.78 is 18.4. The van der Waals surface area contributed by atoms with Crippen LogP contribution in [-0.2, 0) is 4.74 Å². The van der Waals surface area contributed by atoms with Crippen molar-refractivity contribution in [2.75, 3.05) is 12.4 Å². The molecule has 18 heavy (non-hydrogen) atoms. The molecule has 0 saturated heterocycles. The molecule has 0 bridgehead atoms. The zero-order chi connectivity index (χ0) is 13.8. The van der Waals surface area contributed by atoms with E-state index in [9.17, 15) is 4.39 Å². The van der Waals surface area contributed by atoms with Gasteiger partial charge in [-0.2, -0.15) is 5.26 Å². The number of hydrogen-bond donors (Lipinski definition) is 1. The Bertz CT molecular complexity index is 452. The van der Waals surface area contributed by atoms with Crippen LogP contribution in [0.5, 0.6) is 0 Å². The molecule has 0 spiro atoms. The Kier molecular flexibility index (Phi) is 4.69. The highest BCUT2D eigenvalue weighted by Gasteiger charge is 2.20. The van der Waals surface area contributed by atoms with Crippen LogP contribution in [0.3, 0.4) is 0 Å². The minimum atomic E-state index is -0.401. The second-order valence-corrected chi connectivity index (χ2v) is 5.02. The number of benzene rings is 1. The predicted octanol–water partition coefficient (Wildman–Crippen LogP) is 3.31. The van der Waals surface area contributed by atoms with Gasteiger partial charge in [0.05, 0.1) is 16.9 Å². The van der Waals surface area contributed by atoms with Gasteiger partial charge in [-0.25, -0.2) is 4.39 Å². The monoisotopic (exact) mass is 250 g/mol. The normalized spacial score (nSPS) is 12.9. The molecule has 1 unspecified atom stereocenters. The zero-order valence-corrected chi connectivity index (χ0v) is 11.2. The van der Waals surface area contributed by atoms with Gasteiger partial charge in [0.2, 0.25) is 0 Å². The number of nitriles is 1. The molecule has 0 aliphatic heterocycles. The minimum absolute atomic E-state index is 0.123. The lowest BCUT2D eigenvalue weighted by Gasteiger charge is -2.27. The Labute approximate surface area is 108 Å². The molecule has 0 fully saturated rings. The van der Waals surface area contributed by atoms with Crippen LogP contribution in [0, 0.1) is 17.1 Å². The fourth-order valence-electron chi connectivity index (χ4n) is 1.87. The molecule has 1 rings (SSSR count). The maximum Gasteiger partial charge on any atom is 0.124 e. The first kappa shape index (κ1) is 14.5. The summed E-state index contributed by atoms with van der Waals surface area (Å²) in [6.45, 7) is 6.01. The Morgan fingerprint density at radius 2 is 2.17 bits per heavy atom. The van der Waals surface area contributed by atoms with Crippen molar-refractivity contribution in [2.24, 2.45) is 0 Å². The van der Waals surface area contributed by atoms with Crippen molar-refractivity contribution in [3.05, 3.63) is 29.6 Å². The SMILES string of the molecule is COC(C)(C)CC(C)Nc1ccc(F)cc1C#N. The number of nitrogens with zero attached hydrogens (tertiary/aromatic N) is 1. The molecule has 0 aromatic heterocycles. The molecule has 1 aromatic carbocycles. The molecule has 1 aromatic rings. The zero-order valence-electron chi connectivity index (χ0n) is 11.2. The van der Waals surface area contributed by atoms with Crippen molar-refractivity contribution >= 4 is 5.69 Å². The summed E-state index contributed by atoms with van der Waals surface area (Å²) in [5, 5.41) is 12.2. The summed E-state index contributed by atoms with van der Waals surface area (Å²) in [4.78, 5) is 0. The van der Waals surface area contributed by atoms with Gasteiger partial charge < -0.3 is 10.1 Å². The van der Waals surface area contributed by atoms with Gasteiger partial charge >= 0.3 is 0 Å². The maximum atomic E-state index is 13.0. The Morgan fingerprint density at radius 1 is 1.50 bits per heavy atom. The summed E-state index contributed by atoms with van der Waals surface area (Å²) in [5.74, 6) is -0.401. The topological polar surface area (TPSA) is 45.0 Å². The molecule has 3 nitrogen and oxygen atoms in total. The van der Waals surface area contributed by atoms with E-state index in [4.69, 9.17) is 10.00 Å². The summed E-state index contributed by atoms with van der Waals surface area (Å²) in [6, 6.07) is 6.27. The molecule has 0 saturated carbocycles. The third kappa shape index (κ3) is 4.01. The van der Waals surface area contributed by atoms with E-state index >= 15 is 0 Å². The molecule has 1 N–H and O–H groups in total. The van der Waals surface area contributed by atoms with E-state index in [0.717, 1.165) is 6.42 Å². The van der Waals surface area contributed by atoms with E-state index < -0.39 is 5.82 Å². The number of rotatable bonds is 5. The van der Waals surface area contributed by atoms with Gasteiger partial charge in [-0.15, -0.1) is 0 Å². The fraction of sp³-hybridized carbons (Fsp3) is 0.500. The van der Waals surface area contributed by atoms with Gasteiger partial charge in [-0.1, -0.05) is 0 Å². The fourth-order valence-corrected chi connectivity index (χ4v) is 1.87. The average molecular weight is 250 g/mol. The molecule has 0 amide bonds. The first-order valence-corrected chi connectivity index (χ1v) is 5.89. The molecule has 0 heterocycles. The van der Waals surface area contributed by atoms with Gasteiger partial charge in [0.1, 0.15) is 11.9 Å². The first-order valence-electron chi connectivity index (χ1n) is 5.89. The lowest BCUT2D eigenvalue weighted by molar-refractivity contribution is 0.0128. The van der Waals surface area contributed by atoms with Gasteiger partial charge in [0.25, 0.3) is 0 Å². The third-order valence-corrected chi connectivity index (χ3v) is 2.85. The molecular formula is C14H19FN2O. The minimum Gasteiger partial charge on any atom is -0.381 e. The lowest BCUT2D eigenvalue weighted by atomic mass is 9.99. The van der Waals surface area contributed by atoms with E-state index in [1.807, 2.05) is 26.8 Å². The highest BCUT2D eigenvalue weighted by Crippen LogP contribution is 2.21. The van der Waals surface area contributed by atoms with Crippen molar-refractivity contribution < 1.29 is 9.13 Å². The van der Waals surface area contributed by atoms with E-state index in [0.29, 0.717) is 11.3 Å². The molecule has 0 aliphatic carbocycles. The van der Waals surface area contributed by atoms with Gasteiger partial charge in [0, 0.05) is 13.2 Å². The molecule has 0 aliphatic rings. The highest BCUT2D eigenvalue weighted by molar-refractivity contribution is 5.57. The largest absolute Gasteiger partial charge is 0.381 e. The lowest BCUT2D eigenvalue weighted by Crippen LogP contribution is -2.31. The number of nitrogens with one attached hydrogen (secondary N) is 1. The van der Waals surface area contributed by atoms with E-state index in [2.05, 4.69) is 5.32 Å². The number of halogens is 1. The third-order valence-electron chi connectivity index (χ3n) is 2.85. The van der Waals surface area contributed by atoms with E-state index in [1.54, 1.807) is 13.2 Å². The first-order chi connectivity index (χ1) is 8.38. The number of anilines is 1. The van der Waals surface area contributed by atoms with Crippen LogP contribution in [0.25, 0.3) is 0 Å². The number of ether oxygens (including phenoxy) is 1. The standard InChI is InChI=1S/C14H19FN2O/c1-10(8-14(2,3)18-4)17-13-6-5-12(15)7-11(13)9-16/h5-7,10,17H,8H2,1-4H3. The second-order valence-electron chi connectivity index (χ2n) is 5.02. The second kappa shape index (κ2) is 5.83. The van der Waals surface area contributed by atoms with E-state index in [-0.39, 0.29) is 11.6 Å². The Morgan fingerprint density at radius 3 is 2.72 bits per heavy atom. The van der Waals surface area contributed by atoms with Crippen LogP contribution >= 0.6 is 0 Å². The summed E-state index contributed by atoms with van der Waals surface area (Å²) in [5.41, 5.74) is 0.731. The highest BCUT2D eigenvalue weighted by atomic mass is 19.1. The van der Waals surface area contributed by atoms with E-state index in [1.165, 1.54) is 12.1 Å². The van der Waals surface area contributed by atoms with Gasteiger partial charge in [-0.3, -0.25) is 0 Å². The number of methoxy groups -OCH3 is 1. The van der Waals surface area contributed by atoms with Crippen LogP contribution < -0.4 is 5.32 Å². The summed E-state index contributed by atoms with van der Waals surface area (Å²) in [7, 11) is 1.67. The van der Waals surface area contributed by atoms with Crippen molar-refractivity contribution in [3.63, 3.8) is 0 Å². The van der Waals surface area contributed by atoms with Crippen molar-refractivity contribution in [1.29, 1.82) is 5.26 Å². The quantitative estimate of drug-likeness (QED) is 0.872. The predicted molar refractivity (Wildman–Crippen MR) is 69.9 cm³/mol. The van der Waals surface area contributed by atoms with Crippen LogP contribution in [0.15, 0.2) is 18.2 Å². The number of hydrogen-bond acceptors (Lipinski definition) is 3. The van der Waals surface area contributed by atoms with Crippen molar-refractivity contribution in [3.8, 4) is 6.07 Å². The molecule has 1 atom stereocenters. The van der Waals surface area contributed by atoms with Crippen LogP contribution in [0.1, 0.15) is 32.8 Å². The van der Waals surface area contributed by atoms with Crippen molar-refractivity contribution in [1.82, 2.24) is 0 Å². The molecular weight excluding hydrogens is 231 g/mol. The van der Waals surface area contributed by atoms with Crippen molar-refractivity contribution in [2.45, 2.75) is 38.8 Å². The molecule has 4 heteroatoms. The molecule has 98 valence electrons. The van der Waals surface area contributed by atoms with Crippen LogP contribution in [-0.4, -0.2) is 18.8 Å². The van der Waals surface area contributed by atoms with Crippen LogP contribution in [0.4, 0.5) is 10.1 Å². The maximum absolute atomic E-state index is 13.0.